The van der Waals surface area contributed by atoms with Gasteiger partial charge < -0.3 is 48.1 Å². The third-order valence-corrected chi connectivity index (χ3v) is 7.06. The second kappa shape index (κ2) is 10.0. The highest BCUT2D eigenvalue weighted by Crippen LogP contribution is 2.49. The van der Waals surface area contributed by atoms with Crippen molar-refractivity contribution in [3.05, 3.63) is 41.5 Å². The van der Waals surface area contributed by atoms with E-state index in [9.17, 15) is 19.8 Å². The average molecular weight is 555 g/mol. The molecule has 0 aliphatic carbocycles. The zero-order valence-corrected chi connectivity index (χ0v) is 21.8. The van der Waals surface area contributed by atoms with Gasteiger partial charge in [0.05, 0.1) is 26.4 Å². The van der Waals surface area contributed by atoms with Gasteiger partial charge in [-0.2, -0.15) is 0 Å². The van der Waals surface area contributed by atoms with E-state index in [1.807, 2.05) is 6.07 Å². The number of ether oxygens (including phenoxy) is 8. The Hall–Kier alpha value is -4.26. The summed E-state index contributed by atoms with van der Waals surface area (Å²) in [7, 11) is 2.98. The number of methoxy groups -OCH3 is 2. The van der Waals surface area contributed by atoms with Crippen LogP contribution < -0.4 is 23.7 Å². The fourth-order valence-electron chi connectivity index (χ4n) is 5.20. The lowest BCUT2D eigenvalue weighted by Gasteiger charge is -2.37. The third kappa shape index (κ3) is 4.21. The van der Waals surface area contributed by atoms with Gasteiger partial charge in [-0.05, 0) is 35.2 Å². The van der Waals surface area contributed by atoms with Gasteiger partial charge in [0.25, 0.3) is 0 Å². The molecule has 3 heterocycles. The SMILES string of the molecule is COc1cc2c(OC3OCC(OC(C)=O)C(O)C3O)c3c(c(-c4ccc5c(c4)OCO5)c2cc1OC)C(=O)OC3. The number of rotatable bonds is 6. The summed E-state index contributed by atoms with van der Waals surface area (Å²) in [4.78, 5) is 24.5. The Morgan fingerprint density at radius 3 is 2.38 bits per heavy atom. The molecule has 3 aromatic rings. The summed E-state index contributed by atoms with van der Waals surface area (Å²) < 4.78 is 44.5. The molecule has 2 N–H and O–H groups in total. The van der Waals surface area contributed by atoms with Crippen LogP contribution in [0, 0.1) is 0 Å². The molecular weight excluding hydrogens is 528 g/mol. The van der Waals surface area contributed by atoms with Crippen LogP contribution in [0.15, 0.2) is 30.3 Å². The number of carbonyl (C=O) groups is 2. The predicted octanol–water partition coefficient (Wildman–Crippen LogP) is 2.31. The Morgan fingerprint density at radius 1 is 0.925 bits per heavy atom. The molecule has 0 saturated carbocycles. The average Bonchev–Trinajstić information content (AvgIpc) is 3.58. The standard InChI is InChI=1S/C28H26O12/c1-12(29)39-21-10-36-28(25(31)24(21)30)40-26-15-8-19(34-3)18(33-2)7-14(15)22(23-16(26)9-35-27(23)32)13-4-5-17-20(6-13)38-11-37-17/h4-8,21,24-25,28,30-31H,9-11H2,1-3H3. The molecule has 210 valence electrons. The zero-order valence-electron chi connectivity index (χ0n) is 21.8. The molecular formula is C28H26O12. The smallest absolute Gasteiger partial charge is 0.339 e. The molecule has 6 rings (SSSR count). The van der Waals surface area contributed by atoms with Gasteiger partial charge in [0.1, 0.15) is 24.6 Å². The number of fused-ring (bicyclic) bond motifs is 3. The first-order chi connectivity index (χ1) is 19.3. The van der Waals surface area contributed by atoms with E-state index >= 15 is 0 Å². The summed E-state index contributed by atoms with van der Waals surface area (Å²) in [6.07, 6.45) is -5.47. The van der Waals surface area contributed by atoms with Gasteiger partial charge in [-0.15, -0.1) is 0 Å². The normalized spacial score (nSPS) is 23.0. The van der Waals surface area contributed by atoms with Crippen LogP contribution in [0.4, 0.5) is 0 Å². The topological polar surface area (TPSA) is 148 Å². The van der Waals surface area contributed by atoms with Crippen LogP contribution in [0.3, 0.4) is 0 Å². The Morgan fingerprint density at radius 2 is 1.65 bits per heavy atom. The first kappa shape index (κ1) is 26.0. The van der Waals surface area contributed by atoms with Gasteiger partial charge in [0.2, 0.25) is 13.1 Å². The van der Waals surface area contributed by atoms with Crippen molar-refractivity contribution in [1.29, 1.82) is 0 Å². The Bertz CT molecular complexity index is 1520. The second-order valence-corrected chi connectivity index (χ2v) is 9.40. The Balaban J connectivity index is 1.53. The van der Waals surface area contributed by atoms with Crippen LogP contribution in [0.5, 0.6) is 28.7 Å². The van der Waals surface area contributed by atoms with Crippen LogP contribution in [-0.4, -0.2) is 74.4 Å². The summed E-state index contributed by atoms with van der Waals surface area (Å²) in [5, 5.41) is 22.5. The number of cyclic esters (lactones) is 1. The fourth-order valence-corrected chi connectivity index (χ4v) is 5.20. The van der Waals surface area contributed by atoms with Crippen molar-refractivity contribution in [2.45, 2.75) is 38.1 Å². The molecule has 4 atom stereocenters. The molecule has 40 heavy (non-hydrogen) atoms. The van der Waals surface area contributed by atoms with Crippen LogP contribution in [-0.2, 0) is 25.6 Å². The van der Waals surface area contributed by atoms with E-state index in [1.54, 1.807) is 24.3 Å². The number of aliphatic hydroxyl groups excluding tert-OH is 2. The summed E-state index contributed by atoms with van der Waals surface area (Å²) >= 11 is 0. The molecule has 0 radical (unpaired) electrons. The van der Waals surface area contributed by atoms with Gasteiger partial charge in [-0.1, -0.05) is 6.07 Å². The molecule has 12 heteroatoms. The molecule has 3 aliphatic rings. The van der Waals surface area contributed by atoms with Gasteiger partial charge in [-0.25, -0.2) is 4.79 Å². The maximum absolute atomic E-state index is 13.2. The fraction of sp³-hybridized carbons (Fsp3) is 0.357. The van der Waals surface area contributed by atoms with Crippen LogP contribution >= 0.6 is 0 Å². The van der Waals surface area contributed by atoms with E-state index in [0.717, 1.165) is 0 Å². The Labute approximate surface area is 227 Å². The first-order valence-electron chi connectivity index (χ1n) is 12.4. The summed E-state index contributed by atoms with van der Waals surface area (Å²) in [6, 6.07) is 8.76. The molecule has 1 saturated heterocycles. The van der Waals surface area contributed by atoms with Crippen LogP contribution in [0.1, 0.15) is 22.8 Å². The lowest BCUT2D eigenvalue weighted by atomic mass is 9.89. The molecule has 0 bridgehead atoms. The Kier molecular flexibility index (Phi) is 6.53. The number of aliphatic hydroxyl groups is 2. The highest BCUT2D eigenvalue weighted by Gasteiger charge is 2.43. The quantitative estimate of drug-likeness (QED) is 0.431. The zero-order chi connectivity index (χ0) is 28.1. The minimum Gasteiger partial charge on any atom is -0.493 e. The lowest BCUT2D eigenvalue weighted by Crippen LogP contribution is -2.56. The number of benzene rings is 3. The number of esters is 2. The van der Waals surface area contributed by atoms with Gasteiger partial charge in [-0.3, -0.25) is 4.79 Å². The highest BCUT2D eigenvalue weighted by molar-refractivity contribution is 6.14. The lowest BCUT2D eigenvalue weighted by molar-refractivity contribution is -0.247. The van der Waals surface area contributed by atoms with Crippen molar-refractivity contribution >= 4 is 22.7 Å². The van der Waals surface area contributed by atoms with Crippen LogP contribution in [0.25, 0.3) is 21.9 Å². The molecule has 3 aromatic carbocycles. The monoisotopic (exact) mass is 554 g/mol. The number of hydrogen-bond acceptors (Lipinski definition) is 12. The third-order valence-electron chi connectivity index (χ3n) is 7.06. The number of carbonyl (C=O) groups excluding carboxylic acids is 2. The van der Waals surface area contributed by atoms with Crippen molar-refractivity contribution in [2.24, 2.45) is 0 Å². The van der Waals surface area contributed by atoms with Crippen LogP contribution in [0.2, 0.25) is 0 Å². The van der Waals surface area contributed by atoms with E-state index in [-0.39, 0.29) is 31.3 Å². The molecule has 3 aliphatic heterocycles. The molecule has 4 unspecified atom stereocenters. The van der Waals surface area contributed by atoms with E-state index in [2.05, 4.69) is 0 Å². The molecule has 0 aromatic heterocycles. The summed E-state index contributed by atoms with van der Waals surface area (Å²) in [5.74, 6) is 0.915. The highest BCUT2D eigenvalue weighted by atomic mass is 16.7. The van der Waals surface area contributed by atoms with E-state index in [1.165, 1.54) is 21.1 Å². The van der Waals surface area contributed by atoms with Crippen molar-refractivity contribution < 1.29 is 57.7 Å². The summed E-state index contributed by atoms with van der Waals surface area (Å²) in [6.45, 7) is 0.958. The van der Waals surface area contributed by atoms with Crippen molar-refractivity contribution in [3.8, 4) is 39.9 Å². The second-order valence-electron chi connectivity index (χ2n) is 9.40. The first-order valence-corrected chi connectivity index (χ1v) is 12.4. The minimum absolute atomic E-state index is 0.0887. The number of hydrogen-bond donors (Lipinski definition) is 2. The van der Waals surface area contributed by atoms with Gasteiger partial charge in [0, 0.05) is 23.4 Å². The van der Waals surface area contributed by atoms with Gasteiger partial charge >= 0.3 is 11.9 Å². The predicted molar refractivity (Wildman–Crippen MR) is 136 cm³/mol. The maximum Gasteiger partial charge on any atom is 0.339 e. The van der Waals surface area contributed by atoms with Crippen molar-refractivity contribution in [3.63, 3.8) is 0 Å². The molecule has 12 nitrogen and oxygen atoms in total. The summed E-state index contributed by atoms with van der Waals surface area (Å²) in [5.41, 5.74) is 1.90. The molecule has 1 fully saturated rings. The van der Waals surface area contributed by atoms with Crippen molar-refractivity contribution in [1.82, 2.24) is 0 Å². The van der Waals surface area contributed by atoms with E-state index < -0.39 is 36.5 Å². The largest absolute Gasteiger partial charge is 0.493 e. The van der Waals surface area contributed by atoms with E-state index in [0.29, 0.717) is 50.5 Å². The maximum atomic E-state index is 13.2. The molecule has 0 amide bonds. The van der Waals surface area contributed by atoms with Crippen molar-refractivity contribution in [2.75, 3.05) is 27.6 Å². The van der Waals surface area contributed by atoms with Gasteiger partial charge in [0.15, 0.2) is 29.1 Å². The minimum atomic E-state index is -1.57. The molecule has 0 spiro atoms. The van der Waals surface area contributed by atoms with E-state index in [4.69, 9.17) is 37.9 Å².